The van der Waals surface area contributed by atoms with E-state index in [-0.39, 0.29) is 0 Å². The molecule has 0 unspecified atom stereocenters. The summed E-state index contributed by atoms with van der Waals surface area (Å²) in [6.07, 6.45) is 0. The minimum atomic E-state index is 0.700. The van der Waals surface area contributed by atoms with Gasteiger partial charge in [-0.25, -0.2) is 4.98 Å². The molecule has 30 heavy (non-hydrogen) atoms. The maximum Gasteiger partial charge on any atom is 0.206 e. The van der Waals surface area contributed by atoms with Crippen LogP contribution in [0.1, 0.15) is 11.3 Å². The molecular formula is C21H20N4O2S3. The van der Waals surface area contributed by atoms with Gasteiger partial charge >= 0.3 is 0 Å². The summed E-state index contributed by atoms with van der Waals surface area (Å²) in [6.45, 7) is 0.737. The van der Waals surface area contributed by atoms with Crippen LogP contribution in [0.4, 0.5) is 5.13 Å². The number of hydrogen-bond donors (Lipinski definition) is 1. The van der Waals surface area contributed by atoms with Gasteiger partial charge in [0.1, 0.15) is 5.01 Å². The summed E-state index contributed by atoms with van der Waals surface area (Å²) in [5.41, 5.74) is 3.24. The van der Waals surface area contributed by atoms with Crippen molar-refractivity contribution in [2.75, 3.05) is 19.5 Å². The van der Waals surface area contributed by atoms with Crippen molar-refractivity contribution in [3.8, 4) is 22.1 Å². The third kappa shape index (κ3) is 5.10. The number of thioether (sulfide) groups is 1. The van der Waals surface area contributed by atoms with E-state index in [9.17, 15) is 0 Å². The van der Waals surface area contributed by atoms with Crippen LogP contribution in [0.3, 0.4) is 0 Å². The van der Waals surface area contributed by atoms with Crippen LogP contribution < -0.4 is 14.8 Å². The van der Waals surface area contributed by atoms with E-state index >= 15 is 0 Å². The summed E-state index contributed by atoms with van der Waals surface area (Å²) in [5, 5.41) is 15.7. The molecule has 0 aliphatic carbocycles. The molecule has 2 aromatic heterocycles. The number of aromatic nitrogens is 3. The minimum Gasteiger partial charge on any atom is -0.493 e. The van der Waals surface area contributed by atoms with Crippen LogP contribution in [0, 0.1) is 0 Å². The van der Waals surface area contributed by atoms with E-state index in [2.05, 4.69) is 33.0 Å². The average molecular weight is 457 g/mol. The Morgan fingerprint density at radius 3 is 2.63 bits per heavy atom. The average Bonchev–Trinajstić information content (AvgIpc) is 3.46. The van der Waals surface area contributed by atoms with Gasteiger partial charge in [-0.1, -0.05) is 53.4 Å². The number of methoxy groups -OCH3 is 2. The van der Waals surface area contributed by atoms with Gasteiger partial charge in [0.05, 0.1) is 19.9 Å². The van der Waals surface area contributed by atoms with Crippen LogP contribution in [0.25, 0.3) is 10.6 Å². The zero-order valence-electron chi connectivity index (χ0n) is 16.5. The molecule has 1 N–H and O–H groups in total. The Labute approximate surface area is 187 Å². The fourth-order valence-electron chi connectivity index (χ4n) is 2.72. The van der Waals surface area contributed by atoms with Crippen molar-refractivity contribution in [1.82, 2.24) is 15.2 Å². The van der Waals surface area contributed by atoms with Crippen molar-refractivity contribution in [3.63, 3.8) is 0 Å². The summed E-state index contributed by atoms with van der Waals surface area (Å²) < 4.78 is 11.6. The second-order valence-corrected chi connectivity index (χ2v) is 9.27. The van der Waals surface area contributed by atoms with Gasteiger partial charge < -0.3 is 14.8 Å². The molecule has 0 aliphatic rings. The Morgan fingerprint density at radius 1 is 1.00 bits per heavy atom. The maximum atomic E-state index is 5.39. The highest BCUT2D eigenvalue weighted by Gasteiger charge is 2.11. The molecule has 154 valence electrons. The number of nitrogens with one attached hydrogen (secondary N) is 1. The van der Waals surface area contributed by atoms with Crippen LogP contribution in [0.5, 0.6) is 11.5 Å². The van der Waals surface area contributed by atoms with Gasteiger partial charge in [-0.05, 0) is 23.8 Å². The first-order valence-corrected chi connectivity index (χ1v) is 11.8. The highest BCUT2D eigenvalue weighted by atomic mass is 32.2. The fraction of sp³-hybridized carbons (Fsp3) is 0.190. The Balaban J connectivity index is 1.34. The lowest BCUT2D eigenvalue weighted by Gasteiger charge is -2.08. The Bertz CT molecular complexity index is 1100. The summed E-state index contributed by atoms with van der Waals surface area (Å²) in [6, 6.07) is 16.1. The number of benzene rings is 2. The monoisotopic (exact) mass is 456 g/mol. The lowest BCUT2D eigenvalue weighted by Crippen LogP contribution is -1.98. The highest BCUT2D eigenvalue weighted by molar-refractivity contribution is 8.00. The molecule has 6 nitrogen and oxygen atoms in total. The molecular weight excluding hydrogens is 436 g/mol. The largest absolute Gasteiger partial charge is 0.493 e. The van der Waals surface area contributed by atoms with Gasteiger partial charge in [-0.15, -0.1) is 21.5 Å². The SMILES string of the molecule is COc1ccc(-c2nc(CSc3nnc(NCc4ccccc4)s3)cs2)cc1OC. The summed E-state index contributed by atoms with van der Waals surface area (Å²) in [7, 11) is 3.27. The first kappa shape index (κ1) is 20.6. The predicted molar refractivity (Wildman–Crippen MR) is 124 cm³/mol. The molecule has 4 aromatic rings. The lowest BCUT2D eigenvalue weighted by molar-refractivity contribution is 0.355. The van der Waals surface area contributed by atoms with E-state index in [1.165, 1.54) is 5.56 Å². The smallest absolute Gasteiger partial charge is 0.206 e. The first-order chi connectivity index (χ1) is 14.7. The van der Waals surface area contributed by atoms with Crippen molar-refractivity contribution >= 4 is 39.6 Å². The molecule has 4 rings (SSSR count). The molecule has 0 fully saturated rings. The Kier molecular flexibility index (Phi) is 6.83. The van der Waals surface area contributed by atoms with E-state index in [4.69, 9.17) is 14.5 Å². The van der Waals surface area contributed by atoms with E-state index in [1.54, 1.807) is 48.7 Å². The number of ether oxygens (including phenoxy) is 2. The third-order valence-electron chi connectivity index (χ3n) is 4.22. The van der Waals surface area contributed by atoms with Crippen molar-refractivity contribution < 1.29 is 9.47 Å². The summed E-state index contributed by atoms with van der Waals surface area (Å²) >= 11 is 4.82. The molecule has 2 heterocycles. The first-order valence-electron chi connectivity index (χ1n) is 9.16. The minimum absolute atomic E-state index is 0.700. The second-order valence-electron chi connectivity index (χ2n) is 6.21. The quantitative estimate of drug-likeness (QED) is 0.330. The van der Waals surface area contributed by atoms with Crippen LogP contribution in [-0.2, 0) is 12.3 Å². The third-order valence-corrected chi connectivity index (χ3v) is 7.21. The van der Waals surface area contributed by atoms with Crippen LogP contribution in [-0.4, -0.2) is 29.4 Å². The van der Waals surface area contributed by atoms with Crippen LogP contribution >= 0.6 is 34.4 Å². The fourth-order valence-corrected chi connectivity index (χ4v) is 5.29. The van der Waals surface area contributed by atoms with Crippen molar-refractivity contribution in [2.24, 2.45) is 0 Å². The van der Waals surface area contributed by atoms with Gasteiger partial charge in [-0.3, -0.25) is 0 Å². The molecule has 2 aromatic carbocycles. The van der Waals surface area contributed by atoms with Gasteiger partial charge in [0.2, 0.25) is 5.13 Å². The molecule has 9 heteroatoms. The molecule has 0 radical (unpaired) electrons. The number of rotatable bonds is 9. The molecule has 0 spiro atoms. The standard InChI is InChI=1S/C21H20N4O2S3/c1-26-17-9-8-15(10-18(17)27-2)19-23-16(12-28-19)13-29-21-25-24-20(30-21)22-11-14-6-4-3-5-7-14/h3-10,12H,11,13H2,1-2H3,(H,22,24). The lowest BCUT2D eigenvalue weighted by atomic mass is 10.2. The Morgan fingerprint density at radius 2 is 1.83 bits per heavy atom. The number of thiazole rings is 1. The summed E-state index contributed by atoms with van der Waals surface area (Å²) in [5.74, 6) is 2.16. The second kappa shape index (κ2) is 9.92. The number of hydrogen-bond acceptors (Lipinski definition) is 9. The molecule has 0 aliphatic heterocycles. The highest BCUT2D eigenvalue weighted by Crippen LogP contribution is 2.35. The molecule has 0 amide bonds. The molecule has 0 bridgehead atoms. The van der Waals surface area contributed by atoms with E-state index in [0.29, 0.717) is 11.5 Å². The van der Waals surface area contributed by atoms with Crippen molar-refractivity contribution in [2.45, 2.75) is 16.6 Å². The predicted octanol–water partition coefficient (Wildman–Crippen LogP) is 5.58. The van der Waals surface area contributed by atoms with E-state index in [1.807, 2.05) is 36.4 Å². The summed E-state index contributed by atoms with van der Waals surface area (Å²) in [4.78, 5) is 4.75. The van der Waals surface area contributed by atoms with Gasteiger partial charge in [0, 0.05) is 23.2 Å². The van der Waals surface area contributed by atoms with Crippen molar-refractivity contribution in [3.05, 3.63) is 65.2 Å². The van der Waals surface area contributed by atoms with E-state index in [0.717, 1.165) is 38.0 Å². The maximum absolute atomic E-state index is 5.39. The van der Waals surface area contributed by atoms with Gasteiger partial charge in [0.25, 0.3) is 0 Å². The molecule has 0 saturated heterocycles. The van der Waals surface area contributed by atoms with E-state index < -0.39 is 0 Å². The zero-order valence-corrected chi connectivity index (χ0v) is 18.9. The number of anilines is 1. The molecule has 0 saturated carbocycles. The topological polar surface area (TPSA) is 69.2 Å². The Hall–Kier alpha value is -2.62. The van der Waals surface area contributed by atoms with Crippen molar-refractivity contribution in [1.29, 1.82) is 0 Å². The normalized spacial score (nSPS) is 10.7. The number of nitrogens with zero attached hydrogens (tertiary/aromatic N) is 3. The van der Waals surface area contributed by atoms with Gasteiger partial charge in [0.15, 0.2) is 15.8 Å². The van der Waals surface area contributed by atoms with Crippen LogP contribution in [0.2, 0.25) is 0 Å². The van der Waals surface area contributed by atoms with Gasteiger partial charge in [-0.2, -0.15) is 0 Å². The zero-order chi connectivity index (χ0) is 20.8. The van der Waals surface area contributed by atoms with Crippen LogP contribution in [0.15, 0.2) is 58.3 Å². The molecule has 0 atom stereocenters.